The van der Waals surface area contributed by atoms with Crippen LogP contribution in [-0.4, -0.2) is 113 Å². The van der Waals surface area contributed by atoms with Crippen LogP contribution in [0.4, 0.5) is 25.0 Å². The lowest BCUT2D eigenvalue weighted by atomic mass is 10.1. The summed E-state index contributed by atoms with van der Waals surface area (Å²) in [5, 5.41) is 33.3. The van der Waals surface area contributed by atoms with Crippen LogP contribution in [0.3, 0.4) is 0 Å². The number of morpholine rings is 1. The summed E-state index contributed by atoms with van der Waals surface area (Å²) in [4.78, 5) is 45.9. The minimum Gasteiger partial charge on any atom is -0.493 e. The average molecular weight is 638 g/mol. The highest BCUT2D eigenvalue weighted by molar-refractivity contribution is 6.11. The number of methoxy groups -OCH3 is 2. The van der Waals surface area contributed by atoms with Gasteiger partial charge in [-0.2, -0.15) is 0 Å². The van der Waals surface area contributed by atoms with E-state index in [9.17, 15) is 14.4 Å². The van der Waals surface area contributed by atoms with Crippen LogP contribution in [-0.2, 0) is 27.4 Å². The van der Waals surface area contributed by atoms with E-state index in [-0.39, 0.29) is 18.0 Å². The lowest BCUT2D eigenvalue weighted by Gasteiger charge is -2.37. The van der Waals surface area contributed by atoms with Crippen molar-refractivity contribution >= 4 is 40.4 Å². The van der Waals surface area contributed by atoms with E-state index in [1.54, 1.807) is 6.20 Å². The van der Waals surface area contributed by atoms with Crippen LogP contribution in [0.25, 0.3) is 11.0 Å². The van der Waals surface area contributed by atoms with E-state index in [4.69, 9.17) is 34.6 Å². The standard InChI is InChI=1S/C24H27F2N5O4.C4H6O6/c1-4-30-21-14(11-27-23-16(21)9-15(28-23)13-29-5-7-35-8-6-29)12-31(24(30)32)22-19(25)17(33-2)10-18(34-3)20(22)26;5-1(3(7)8)2(6)4(9)10/h9-11H,4-8,12-13H2,1-3H3,(H,27,28);1-2,5-6H,(H,7,8)(H,9,10)/t;1-,2-/m.0/s1. The maximum atomic E-state index is 15.2. The van der Waals surface area contributed by atoms with Crippen molar-refractivity contribution in [1.29, 1.82) is 0 Å². The molecular formula is C28H33F2N5O10. The molecule has 0 bridgehead atoms. The second kappa shape index (κ2) is 14.0. The summed E-state index contributed by atoms with van der Waals surface area (Å²) in [6.45, 7) is 5.86. The van der Waals surface area contributed by atoms with Gasteiger partial charge in [-0.05, 0) is 13.0 Å². The maximum Gasteiger partial charge on any atom is 0.335 e. The van der Waals surface area contributed by atoms with Gasteiger partial charge in [0.1, 0.15) is 11.3 Å². The Bertz CT molecular complexity index is 1530. The summed E-state index contributed by atoms with van der Waals surface area (Å²) in [6, 6.07) is 2.57. The number of halogens is 2. The summed E-state index contributed by atoms with van der Waals surface area (Å²) in [7, 11) is 2.54. The second-order valence-corrected chi connectivity index (χ2v) is 10.0. The molecule has 3 aromatic rings. The molecule has 2 amide bonds. The Hall–Kier alpha value is -4.58. The number of urea groups is 1. The molecule has 45 heavy (non-hydrogen) atoms. The van der Waals surface area contributed by atoms with Crippen molar-refractivity contribution in [2.24, 2.45) is 0 Å². The van der Waals surface area contributed by atoms with Gasteiger partial charge in [-0.3, -0.25) is 14.7 Å². The number of aromatic nitrogens is 2. The number of aliphatic hydroxyl groups is 2. The first-order chi connectivity index (χ1) is 21.4. The summed E-state index contributed by atoms with van der Waals surface area (Å²) in [6.07, 6.45) is -2.89. The van der Waals surface area contributed by atoms with Crippen molar-refractivity contribution < 1.29 is 57.8 Å². The van der Waals surface area contributed by atoms with Crippen molar-refractivity contribution in [2.75, 3.05) is 56.9 Å². The summed E-state index contributed by atoms with van der Waals surface area (Å²) < 4.78 is 46.0. The lowest BCUT2D eigenvalue weighted by Crippen LogP contribution is -2.48. The molecule has 0 aliphatic carbocycles. The number of carboxylic acid groups (broad SMARTS) is 2. The predicted octanol–water partition coefficient (Wildman–Crippen LogP) is 1.53. The van der Waals surface area contributed by atoms with Crippen molar-refractivity contribution in [3.63, 3.8) is 0 Å². The number of ether oxygens (including phenoxy) is 3. The maximum absolute atomic E-state index is 15.2. The number of hydrogen-bond acceptors (Lipinski definition) is 10. The monoisotopic (exact) mass is 637 g/mol. The van der Waals surface area contributed by atoms with Gasteiger partial charge in [-0.15, -0.1) is 0 Å². The fraction of sp³-hybridized carbons (Fsp3) is 0.429. The summed E-state index contributed by atoms with van der Waals surface area (Å²) in [5.74, 6) is -5.91. The molecule has 15 nitrogen and oxygen atoms in total. The highest BCUT2D eigenvalue weighted by Gasteiger charge is 2.37. The smallest absolute Gasteiger partial charge is 0.335 e. The molecule has 17 heteroatoms. The molecule has 0 radical (unpaired) electrons. The molecule has 1 fully saturated rings. The van der Waals surface area contributed by atoms with Gasteiger partial charge in [0.2, 0.25) is 0 Å². The molecule has 2 atom stereocenters. The van der Waals surface area contributed by atoms with Crippen LogP contribution < -0.4 is 19.3 Å². The number of nitrogens with zero attached hydrogens (tertiary/aromatic N) is 4. The Morgan fingerprint density at radius 2 is 1.60 bits per heavy atom. The lowest BCUT2D eigenvalue weighted by molar-refractivity contribution is -0.165. The second-order valence-electron chi connectivity index (χ2n) is 10.0. The zero-order chi connectivity index (χ0) is 33.0. The Labute approximate surface area is 255 Å². The first kappa shape index (κ1) is 33.3. The number of carboxylic acids is 2. The van der Waals surface area contributed by atoms with Crippen molar-refractivity contribution in [3.8, 4) is 11.5 Å². The molecule has 0 spiro atoms. The molecule has 1 aromatic carbocycles. The van der Waals surface area contributed by atoms with Gasteiger partial charge in [-0.1, -0.05) is 0 Å². The summed E-state index contributed by atoms with van der Waals surface area (Å²) in [5.41, 5.74) is 2.49. The Kier molecular flexibility index (Phi) is 10.4. The number of H-pyrrole nitrogens is 1. The number of aromatic amines is 1. The Morgan fingerprint density at radius 3 is 2.11 bits per heavy atom. The van der Waals surface area contributed by atoms with Gasteiger partial charge in [-0.25, -0.2) is 28.1 Å². The topological polar surface area (TPSA) is 198 Å². The minimum absolute atomic E-state index is 0.0538. The summed E-state index contributed by atoms with van der Waals surface area (Å²) >= 11 is 0. The van der Waals surface area contributed by atoms with Gasteiger partial charge in [0.25, 0.3) is 0 Å². The Morgan fingerprint density at radius 1 is 1.02 bits per heavy atom. The average Bonchev–Trinajstić information content (AvgIpc) is 3.44. The van der Waals surface area contributed by atoms with Gasteiger partial charge in [0.05, 0.1) is 39.7 Å². The number of pyridine rings is 1. The van der Waals surface area contributed by atoms with Crippen LogP contribution in [0.15, 0.2) is 18.3 Å². The third-order valence-electron chi connectivity index (χ3n) is 7.26. The van der Waals surface area contributed by atoms with E-state index in [1.165, 1.54) is 19.1 Å². The van der Waals surface area contributed by atoms with Crippen LogP contribution in [0.1, 0.15) is 18.2 Å². The van der Waals surface area contributed by atoms with E-state index in [0.717, 1.165) is 35.1 Å². The van der Waals surface area contributed by atoms with E-state index < -0.39 is 47.5 Å². The highest BCUT2D eigenvalue weighted by atomic mass is 19.1. The fourth-order valence-corrected chi connectivity index (χ4v) is 5.00. The van der Waals surface area contributed by atoms with Crippen LogP contribution in [0.5, 0.6) is 11.5 Å². The van der Waals surface area contributed by atoms with Crippen molar-refractivity contribution in [2.45, 2.75) is 32.2 Å². The molecular weight excluding hydrogens is 604 g/mol. The minimum atomic E-state index is -2.27. The molecule has 2 aliphatic rings. The fourth-order valence-electron chi connectivity index (χ4n) is 5.00. The number of aliphatic hydroxyl groups excluding tert-OH is 2. The van der Waals surface area contributed by atoms with Crippen LogP contribution in [0.2, 0.25) is 0 Å². The number of nitrogens with one attached hydrogen (secondary N) is 1. The number of carbonyl (C=O) groups excluding carboxylic acids is 1. The molecule has 2 aliphatic heterocycles. The number of carbonyl (C=O) groups is 3. The van der Waals surface area contributed by atoms with Gasteiger partial charge < -0.3 is 39.6 Å². The first-order valence-corrected chi connectivity index (χ1v) is 13.7. The molecule has 4 heterocycles. The number of anilines is 2. The highest BCUT2D eigenvalue weighted by Crippen LogP contribution is 2.42. The molecule has 0 saturated carbocycles. The molecule has 244 valence electrons. The van der Waals surface area contributed by atoms with Gasteiger partial charge >= 0.3 is 18.0 Å². The molecule has 1 saturated heterocycles. The molecule has 5 N–H and O–H groups in total. The number of aliphatic carboxylic acids is 2. The van der Waals surface area contributed by atoms with E-state index in [0.29, 0.717) is 43.2 Å². The van der Waals surface area contributed by atoms with Crippen LogP contribution >= 0.6 is 0 Å². The first-order valence-electron chi connectivity index (χ1n) is 13.7. The number of benzene rings is 1. The normalized spacial score (nSPS) is 16.5. The van der Waals surface area contributed by atoms with Crippen molar-refractivity contribution in [1.82, 2.24) is 14.9 Å². The third kappa shape index (κ3) is 6.75. The predicted molar refractivity (Wildman–Crippen MR) is 154 cm³/mol. The molecule has 2 aromatic heterocycles. The van der Waals surface area contributed by atoms with E-state index >= 15 is 8.78 Å². The number of rotatable bonds is 9. The molecule has 5 rings (SSSR count). The number of hydrogen-bond donors (Lipinski definition) is 5. The van der Waals surface area contributed by atoms with Gasteiger partial charge in [0.15, 0.2) is 35.3 Å². The largest absolute Gasteiger partial charge is 0.493 e. The number of fused-ring (bicyclic) bond motifs is 3. The van der Waals surface area contributed by atoms with Crippen LogP contribution in [0, 0.1) is 11.6 Å². The quantitative estimate of drug-likeness (QED) is 0.227. The SMILES string of the molecule is CCN1C(=O)N(c2c(F)c(OC)cc(OC)c2F)Cc2cnc3[nH]c(CN4CCOCC4)cc3c21.O=C(O)[C@@H](O)[C@H](O)C(=O)O. The van der Waals surface area contributed by atoms with E-state index in [1.807, 2.05) is 13.0 Å². The third-order valence-corrected chi connectivity index (χ3v) is 7.26. The zero-order valence-corrected chi connectivity index (χ0v) is 24.6. The molecule has 0 unspecified atom stereocenters. The van der Waals surface area contributed by atoms with Gasteiger partial charge in [0, 0.05) is 55.1 Å². The number of amides is 2. The zero-order valence-electron chi connectivity index (χ0n) is 24.6. The Balaban J connectivity index is 0.000000399. The van der Waals surface area contributed by atoms with E-state index in [2.05, 4.69) is 14.9 Å². The van der Waals surface area contributed by atoms with Crippen molar-refractivity contribution in [3.05, 3.63) is 41.2 Å².